The average Bonchev–Trinajstić information content (AvgIpc) is 3.68. The van der Waals surface area contributed by atoms with Crippen molar-refractivity contribution in [2.24, 2.45) is 0 Å². The molecule has 0 aliphatic carbocycles. The molecule has 45 heavy (non-hydrogen) atoms. The molecule has 0 unspecified atom stereocenters. The fraction of sp³-hybridized carbons (Fsp3) is 0.161. The summed E-state index contributed by atoms with van der Waals surface area (Å²) in [5.74, 6) is -0.418. The molecule has 1 atom stereocenters. The van der Waals surface area contributed by atoms with Crippen molar-refractivity contribution in [3.63, 3.8) is 0 Å². The summed E-state index contributed by atoms with van der Waals surface area (Å²) in [5.41, 5.74) is 2.61. The Hall–Kier alpha value is -5.79. The van der Waals surface area contributed by atoms with E-state index in [1.165, 1.54) is 23.0 Å². The molecular weight excluding hydrogens is 593 g/mol. The molecule has 11 nitrogen and oxygen atoms in total. The number of halogens is 3. The Morgan fingerprint density at radius 2 is 1.62 bits per heavy atom. The third-order valence-electron chi connectivity index (χ3n) is 7.34. The van der Waals surface area contributed by atoms with Crippen molar-refractivity contribution in [3.05, 3.63) is 113 Å². The number of alkyl halides is 3. The molecule has 1 aliphatic heterocycles. The van der Waals surface area contributed by atoms with Crippen molar-refractivity contribution >= 4 is 29.4 Å². The van der Waals surface area contributed by atoms with Gasteiger partial charge in [0.15, 0.2) is 0 Å². The molecule has 3 heterocycles. The van der Waals surface area contributed by atoms with Gasteiger partial charge in [-0.3, -0.25) is 24.3 Å². The van der Waals surface area contributed by atoms with Crippen molar-refractivity contribution in [3.8, 4) is 11.1 Å². The van der Waals surface area contributed by atoms with Crippen molar-refractivity contribution in [2.75, 3.05) is 17.2 Å². The first-order valence-electron chi connectivity index (χ1n) is 13.6. The molecule has 228 valence electrons. The predicted octanol–water partition coefficient (Wildman–Crippen LogP) is 5.78. The van der Waals surface area contributed by atoms with Crippen LogP contribution in [0.2, 0.25) is 0 Å². The monoisotopic (exact) mass is 617 g/mol. The Bertz CT molecular complexity index is 1880. The maximum absolute atomic E-state index is 13.2. The van der Waals surface area contributed by atoms with Crippen LogP contribution < -0.4 is 15.3 Å². The molecule has 2 N–H and O–H groups in total. The number of anilines is 2. The van der Waals surface area contributed by atoms with Gasteiger partial charge < -0.3 is 9.84 Å². The van der Waals surface area contributed by atoms with E-state index in [1.54, 1.807) is 43.3 Å². The number of nitrogens with one attached hydrogen (secondary N) is 2. The number of carbonyl (C=O) groups is 3. The number of carbonyl (C=O) groups excluding carboxylic acids is 3. The van der Waals surface area contributed by atoms with Crippen LogP contribution in [0.5, 0.6) is 0 Å². The number of benzene rings is 3. The second kappa shape index (κ2) is 11.4. The number of hydrogen-bond acceptors (Lipinski definition) is 7. The van der Waals surface area contributed by atoms with E-state index in [9.17, 15) is 27.6 Å². The van der Waals surface area contributed by atoms with Gasteiger partial charge in [0.2, 0.25) is 11.3 Å². The second-order valence-electron chi connectivity index (χ2n) is 10.3. The third-order valence-corrected chi connectivity index (χ3v) is 7.34. The van der Waals surface area contributed by atoms with Crippen LogP contribution in [0.25, 0.3) is 11.1 Å². The Kier molecular flexibility index (Phi) is 7.40. The van der Waals surface area contributed by atoms with Gasteiger partial charge in [0.1, 0.15) is 5.76 Å². The first-order chi connectivity index (χ1) is 21.5. The summed E-state index contributed by atoms with van der Waals surface area (Å²) >= 11 is 0. The summed E-state index contributed by atoms with van der Waals surface area (Å²) in [4.78, 5) is 40.1. The lowest BCUT2D eigenvalue weighted by atomic mass is 9.99. The van der Waals surface area contributed by atoms with E-state index in [0.717, 1.165) is 28.2 Å². The van der Waals surface area contributed by atoms with Gasteiger partial charge >= 0.3 is 18.1 Å². The average molecular weight is 618 g/mol. The van der Waals surface area contributed by atoms with Crippen molar-refractivity contribution in [2.45, 2.75) is 26.1 Å². The van der Waals surface area contributed by atoms with Crippen LogP contribution in [0.4, 0.5) is 29.5 Å². The minimum atomic E-state index is -4.58. The Morgan fingerprint density at radius 1 is 0.933 bits per heavy atom. The zero-order chi connectivity index (χ0) is 31.9. The number of urea groups is 1. The zero-order valence-electron chi connectivity index (χ0n) is 23.8. The fourth-order valence-corrected chi connectivity index (χ4v) is 5.19. The lowest BCUT2D eigenvalue weighted by Gasteiger charge is -2.17. The summed E-state index contributed by atoms with van der Waals surface area (Å²) in [7, 11) is 0. The summed E-state index contributed by atoms with van der Waals surface area (Å²) in [6.07, 6.45) is -3.23. The normalized spacial score (nSPS) is 13.6. The molecule has 0 saturated heterocycles. The Balaban J connectivity index is 1.27. The van der Waals surface area contributed by atoms with Crippen LogP contribution in [-0.4, -0.2) is 39.7 Å². The number of aryl methyl sites for hydroxylation is 2. The molecule has 1 aliphatic rings. The summed E-state index contributed by atoms with van der Waals surface area (Å²) < 4.78 is 51.1. The van der Waals surface area contributed by atoms with Crippen LogP contribution in [0.3, 0.4) is 0 Å². The zero-order valence-corrected chi connectivity index (χ0v) is 23.8. The molecule has 14 heteroatoms. The van der Waals surface area contributed by atoms with Gasteiger partial charge in [-0.15, -0.1) is 0 Å². The minimum Gasteiger partial charge on any atom is -0.361 e. The van der Waals surface area contributed by atoms with E-state index in [-0.39, 0.29) is 29.2 Å². The Labute approximate surface area is 253 Å². The van der Waals surface area contributed by atoms with Crippen LogP contribution in [0.1, 0.15) is 49.3 Å². The van der Waals surface area contributed by atoms with Crippen LogP contribution in [0, 0.1) is 13.8 Å². The van der Waals surface area contributed by atoms with Gasteiger partial charge in [-0.05, 0) is 54.4 Å². The van der Waals surface area contributed by atoms with E-state index < -0.39 is 35.6 Å². The molecular formula is C31H24F3N6O5+. The van der Waals surface area contributed by atoms with Gasteiger partial charge in [-0.1, -0.05) is 47.6 Å². The number of aromatic nitrogens is 3. The van der Waals surface area contributed by atoms with E-state index in [2.05, 4.69) is 21.1 Å². The molecule has 4 amide bonds. The van der Waals surface area contributed by atoms with E-state index in [1.807, 2.05) is 19.1 Å². The molecule has 0 saturated carbocycles. The maximum atomic E-state index is 13.2. The number of nitrogens with zero attached hydrogens (tertiary/aromatic N) is 4. The van der Waals surface area contributed by atoms with Gasteiger partial charge in [-0.25, -0.2) is 4.79 Å². The van der Waals surface area contributed by atoms with Crippen molar-refractivity contribution in [1.82, 2.24) is 15.3 Å². The lowest BCUT2D eigenvalue weighted by Crippen LogP contribution is -2.48. The number of fused-ring (bicyclic) bond motifs is 1. The van der Waals surface area contributed by atoms with Gasteiger partial charge in [0, 0.05) is 16.8 Å². The molecule has 0 spiro atoms. The van der Waals surface area contributed by atoms with Gasteiger partial charge in [0.05, 0.1) is 28.9 Å². The van der Waals surface area contributed by atoms with Gasteiger partial charge in [0.25, 0.3) is 18.0 Å². The highest BCUT2D eigenvalue weighted by atomic mass is 19.4. The second-order valence-corrected chi connectivity index (χ2v) is 10.3. The van der Waals surface area contributed by atoms with Crippen LogP contribution in [0.15, 0.2) is 88.0 Å². The summed E-state index contributed by atoms with van der Waals surface area (Å²) in [6, 6.07) is 16.3. The topological polar surface area (TPSA) is 134 Å². The highest BCUT2D eigenvalue weighted by Crippen LogP contribution is 2.31. The highest BCUT2D eigenvalue weighted by Gasteiger charge is 2.40. The van der Waals surface area contributed by atoms with E-state index in [0.29, 0.717) is 17.0 Å². The standard InChI is InChI=1S/C31H23F3N6O5/c1-17-27(18(2)44-37-17)20-12-10-19(11-13-20)25(15-39-28(41)23-8-3-4-9-24(23)29(39)42)40-16-26(45-38-40)36-30(43)35-22-7-5-6-21(14-22)31(32,33)34/h3-14,16,25H,15H2,1-2H3,(H-,35,36,38,43)/p+1/t25-/m0/s1. The number of rotatable bonds is 7. The van der Waals surface area contributed by atoms with Crippen LogP contribution in [-0.2, 0) is 6.18 Å². The third kappa shape index (κ3) is 5.77. The molecule has 6 rings (SSSR count). The quantitative estimate of drug-likeness (QED) is 0.175. The molecule has 0 bridgehead atoms. The molecule has 5 aromatic rings. The van der Waals surface area contributed by atoms with Gasteiger partial charge in [-0.2, -0.15) is 13.2 Å². The highest BCUT2D eigenvalue weighted by molar-refractivity contribution is 6.21. The summed E-state index contributed by atoms with van der Waals surface area (Å²) in [5, 5.41) is 12.7. The SMILES string of the molecule is Cc1noc(C)c1-c1ccc([C@H](CN2C(=O)c3ccccc3C2=O)[n+]2cc(NC(=O)Nc3cccc(C(F)(F)F)c3)on2)cc1. The van der Waals surface area contributed by atoms with E-state index in [4.69, 9.17) is 9.05 Å². The molecule has 2 aromatic heterocycles. The lowest BCUT2D eigenvalue weighted by molar-refractivity contribution is -0.776. The number of imide groups is 1. The van der Waals surface area contributed by atoms with Crippen molar-refractivity contribution in [1.29, 1.82) is 0 Å². The number of hydrogen-bond donors (Lipinski definition) is 2. The largest absolute Gasteiger partial charge is 0.416 e. The van der Waals surface area contributed by atoms with Crippen LogP contribution >= 0.6 is 0 Å². The van der Waals surface area contributed by atoms with E-state index >= 15 is 0 Å². The first kappa shape index (κ1) is 29.3. The number of amides is 4. The Morgan fingerprint density at radius 3 is 2.24 bits per heavy atom. The predicted molar refractivity (Wildman–Crippen MR) is 152 cm³/mol. The molecule has 0 fully saturated rings. The smallest absolute Gasteiger partial charge is 0.361 e. The minimum absolute atomic E-state index is 0.0865. The molecule has 3 aromatic carbocycles. The van der Waals surface area contributed by atoms with Crippen molar-refractivity contribution < 1.29 is 41.3 Å². The molecule has 0 radical (unpaired) electrons. The fourth-order valence-electron chi connectivity index (χ4n) is 5.19. The first-order valence-corrected chi connectivity index (χ1v) is 13.6. The maximum Gasteiger partial charge on any atom is 0.416 e. The summed E-state index contributed by atoms with van der Waals surface area (Å²) in [6.45, 7) is 3.51.